The van der Waals surface area contributed by atoms with Gasteiger partial charge in [0, 0.05) is 44.3 Å². The molecule has 1 aromatic carbocycles. The van der Waals surface area contributed by atoms with E-state index in [4.69, 9.17) is 11.6 Å². The van der Waals surface area contributed by atoms with E-state index in [2.05, 4.69) is 37.4 Å². The predicted octanol–water partition coefficient (Wildman–Crippen LogP) is 3.91. The average Bonchev–Trinajstić information content (AvgIpc) is 3.17. The van der Waals surface area contributed by atoms with Crippen LogP contribution < -0.4 is 10.6 Å². The van der Waals surface area contributed by atoms with Crippen molar-refractivity contribution in [2.24, 2.45) is 4.99 Å². The minimum Gasteiger partial charge on any atom is -0.356 e. The van der Waals surface area contributed by atoms with Crippen molar-refractivity contribution >= 4 is 28.9 Å². The first-order valence-electron chi connectivity index (χ1n) is 9.28. The first-order chi connectivity index (χ1) is 13.1. The Morgan fingerprint density at radius 2 is 2.15 bits per heavy atom. The number of hydrogen-bond acceptors (Lipinski definition) is 3. The molecule has 0 unspecified atom stereocenters. The number of nitrogens with one attached hydrogen (secondary N) is 2. The number of rotatable bonds is 6. The summed E-state index contributed by atoms with van der Waals surface area (Å²) in [6.07, 6.45) is 2.93. The van der Waals surface area contributed by atoms with Gasteiger partial charge in [0.2, 0.25) is 0 Å². The highest BCUT2D eigenvalue weighted by Crippen LogP contribution is 2.18. The van der Waals surface area contributed by atoms with Crippen molar-refractivity contribution in [2.45, 2.75) is 31.8 Å². The molecule has 0 atom stereocenters. The Kier molecular flexibility index (Phi) is 7.50. The second kappa shape index (κ2) is 10.1. The van der Waals surface area contributed by atoms with Crippen LogP contribution >= 0.6 is 22.9 Å². The molecule has 1 aromatic heterocycles. The van der Waals surface area contributed by atoms with Crippen LogP contribution in [0.15, 0.2) is 40.0 Å². The summed E-state index contributed by atoms with van der Waals surface area (Å²) in [5.41, 5.74) is 2.34. The molecule has 0 amide bonds. The number of likely N-dealkylation sites (tertiary alicyclic amines) is 1. The van der Waals surface area contributed by atoms with Gasteiger partial charge in [0.25, 0.3) is 0 Å². The molecular formula is C20H26ClFN4S. The van der Waals surface area contributed by atoms with Crippen LogP contribution in [0.1, 0.15) is 24.0 Å². The first-order valence-corrected chi connectivity index (χ1v) is 10.6. The number of thiophene rings is 1. The fraction of sp³-hybridized carbons (Fsp3) is 0.450. The molecule has 0 spiro atoms. The van der Waals surface area contributed by atoms with Crippen molar-refractivity contribution in [1.82, 2.24) is 15.5 Å². The van der Waals surface area contributed by atoms with Gasteiger partial charge in [-0.15, -0.1) is 0 Å². The smallest absolute Gasteiger partial charge is 0.191 e. The van der Waals surface area contributed by atoms with Crippen LogP contribution in [0.4, 0.5) is 4.39 Å². The molecule has 0 bridgehead atoms. The molecule has 27 heavy (non-hydrogen) atoms. The largest absolute Gasteiger partial charge is 0.356 e. The van der Waals surface area contributed by atoms with Gasteiger partial charge >= 0.3 is 0 Å². The summed E-state index contributed by atoms with van der Waals surface area (Å²) >= 11 is 7.84. The van der Waals surface area contributed by atoms with E-state index >= 15 is 0 Å². The Morgan fingerprint density at radius 3 is 2.81 bits per heavy atom. The van der Waals surface area contributed by atoms with Gasteiger partial charge in [-0.2, -0.15) is 11.3 Å². The van der Waals surface area contributed by atoms with Crippen molar-refractivity contribution in [3.63, 3.8) is 0 Å². The molecule has 2 aromatic rings. The molecule has 0 saturated carbocycles. The van der Waals surface area contributed by atoms with Gasteiger partial charge in [-0.3, -0.25) is 9.89 Å². The van der Waals surface area contributed by atoms with Crippen molar-refractivity contribution in [3.8, 4) is 0 Å². The molecular weight excluding hydrogens is 383 g/mol. The lowest BCUT2D eigenvalue weighted by molar-refractivity contribution is 0.198. The second-order valence-corrected chi connectivity index (χ2v) is 8.00. The molecule has 1 fully saturated rings. The van der Waals surface area contributed by atoms with E-state index in [1.807, 2.05) is 0 Å². The summed E-state index contributed by atoms with van der Waals surface area (Å²) in [6, 6.07) is 7.17. The van der Waals surface area contributed by atoms with Crippen molar-refractivity contribution in [3.05, 3.63) is 57.0 Å². The zero-order chi connectivity index (χ0) is 19.1. The average molecular weight is 409 g/mol. The third-order valence-corrected chi connectivity index (χ3v) is 5.92. The number of nitrogens with zero attached hydrogens (tertiary/aromatic N) is 2. The van der Waals surface area contributed by atoms with Crippen LogP contribution in [0.25, 0.3) is 0 Å². The van der Waals surface area contributed by atoms with Gasteiger partial charge in [-0.25, -0.2) is 4.39 Å². The van der Waals surface area contributed by atoms with E-state index < -0.39 is 0 Å². The highest BCUT2D eigenvalue weighted by molar-refractivity contribution is 7.07. The molecule has 2 N–H and O–H groups in total. The fourth-order valence-electron chi connectivity index (χ4n) is 3.30. The van der Waals surface area contributed by atoms with Crippen LogP contribution in [0.2, 0.25) is 5.02 Å². The van der Waals surface area contributed by atoms with Crippen LogP contribution in [0, 0.1) is 5.82 Å². The number of guanidine groups is 1. The van der Waals surface area contributed by atoms with E-state index in [1.54, 1.807) is 24.5 Å². The zero-order valence-electron chi connectivity index (χ0n) is 15.5. The number of piperidine rings is 1. The van der Waals surface area contributed by atoms with Crippen LogP contribution in [-0.2, 0) is 13.0 Å². The summed E-state index contributed by atoms with van der Waals surface area (Å²) in [7, 11) is 1.78. The summed E-state index contributed by atoms with van der Waals surface area (Å²) in [6.45, 7) is 3.93. The van der Waals surface area contributed by atoms with E-state index in [0.717, 1.165) is 50.4 Å². The highest BCUT2D eigenvalue weighted by atomic mass is 35.5. The van der Waals surface area contributed by atoms with Gasteiger partial charge in [0.15, 0.2) is 5.96 Å². The normalized spacial score (nSPS) is 16.5. The minimum atomic E-state index is -0.306. The molecule has 1 aliphatic rings. The number of aliphatic imine (C=N–C) groups is 1. The summed E-state index contributed by atoms with van der Waals surface area (Å²) in [5.74, 6) is 0.504. The molecule has 0 aliphatic carbocycles. The van der Waals surface area contributed by atoms with Gasteiger partial charge in [0.1, 0.15) is 5.82 Å². The Bertz CT molecular complexity index is 742. The maximum atomic E-state index is 13.1. The van der Waals surface area contributed by atoms with Crippen LogP contribution in [-0.4, -0.2) is 43.6 Å². The molecule has 2 heterocycles. The monoisotopic (exact) mass is 408 g/mol. The molecule has 1 aliphatic heterocycles. The lowest BCUT2D eigenvalue weighted by Crippen LogP contribution is -2.48. The third kappa shape index (κ3) is 6.19. The Balaban J connectivity index is 1.39. The molecule has 7 heteroatoms. The Labute approximate surface area is 169 Å². The Morgan fingerprint density at radius 1 is 1.33 bits per heavy atom. The molecule has 1 saturated heterocycles. The molecule has 0 radical (unpaired) electrons. The van der Waals surface area contributed by atoms with Crippen LogP contribution in [0.5, 0.6) is 0 Å². The number of hydrogen-bond donors (Lipinski definition) is 2. The quantitative estimate of drug-likeness (QED) is 0.562. The minimum absolute atomic E-state index is 0.306. The predicted molar refractivity (Wildman–Crippen MR) is 112 cm³/mol. The van der Waals surface area contributed by atoms with Crippen molar-refractivity contribution in [2.75, 3.05) is 26.7 Å². The number of benzene rings is 1. The molecule has 4 nitrogen and oxygen atoms in total. The van der Waals surface area contributed by atoms with Crippen LogP contribution in [0.3, 0.4) is 0 Å². The highest BCUT2D eigenvalue weighted by Gasteiger charge is 2.20. The van der Waals surface area contributed by atoms with Gasteiger partial charge in [-0.05, 0) is 59.3 Å². The molecule has 3 rings (SSSR count). The van der Waals surface area contributed by atoms with Crippen molar-refractivity contribution in [1.29, 1.82) is 0 Å². The maximum absolute atomic E-state index is 13.1. The van der Waals surface area contributed by atoms with Gasteiger partial charge in [-0.1, -0.05) is 17.7 Å². The summed E-state index contributed by atoms with van der Waals surface area (Å²) < 4.78 is 13.1. The molecule has 146 valence electrons. The zero-order valence-corrected chi connectivity index (χ0v) is 17.1. The van der Waals surface area contributed by atoms with E-state index in [-0.39, 0.29) is 5.82 Å². The second-order valence-electron chi connectivity index (χ2n) is 6.81. The van der Waals surface area contributed by atoms with E-state index in [0.29, 0.717) is 17.6 Å². The van der Waals surface area contributed by atoms with Gasteiger partial charge < -0.3 is 10.6 Å². The SMILES string of the molecule is CN=C(NCCc1ccc(F)cc1Cl)NC1CCN(Cc2ccsc2)CC1. The van der Waals surface area contributed by atoms with E-state index in [9.17, 15) is 4.39 Å². The lowest BCUT2D eigenvalue weighted by atomic mass is 10.0. The fourth-order valence-corrected chi connectivity index (χ4v) is 4.23. The lowest BCUT2D eigenvalue weighted by Gasteiger charge is -2.33. The van der Waals surface area contributed by atoms with Crippen molar-refractivity contribution < 1.29 is 4.39 Å². The topological polar surface area (TPSA) is 39.7 Å². The Hall–Kier alpha value is -1.63. The number of halogens is 2. The van der Waals surface area contributed by atoms with Gasteiger partial charge in [0.05, 0.1) is 0 Å². The van der Waals surface area contributed by atoms with E-state index in [1.165, 1.54) is 17.7 Å². The summed E-state index contributed by atoms with van der Waals surface area (Å²) in [5, 5.41) is 11.7. The maximum Gasteiger partial charge on any atom is 0.191 e. The third-order valence-electron chi connectivity index (χ3n) is 4.84. The summed E-state index contributed by atoms with van der Waals surface area (Å²) in [4.78, 5) is 6.83. The standard InChI is InChI=1S/C20H26ClFN4S/c1-23-20(24-8-4-16-2-3-17(22)12-19(16)21)25-18-5-9-26(10-6-18)13-15-7-11-27-14-15/h2-3,7,11-12,14,18H,4-6,8-10,13H2,1H3,(H2,23,24,25). The first kappa shape index (κ1) is 20.1.